The van der Waals surface area contributed by atoms with Gasteiger partial charge in [0, 0.05) is 11.2 Å². The number of aromatic nitrogens is 4. The number of nitrogens with two attached hydrogens (primary N) is 1. The molecule has 128 valence electrons. The Labute approximate surface area is 135 Å². The molecule has 0 radical (unpaired) electrons. The van der Waals surface area contributed by atoms with Crippen LogP contribution in [0.25, 0.3) is 11.2 Å². The van der Waals surface area contributed by atoms with Gasteiger partial charge in [0.05, 0.1) is 18.5 Å². The molecule has 24 heavy (non-hydrogen) atoms. The smallest absolute Gasteiger partial charge is 0.348 e. The third-order valence-electron chi connectivity index (χ3n) is 5.03. The van der Waals surface area contributed by atoms with Crippen LogP contribution in [0.15, 0.2) is 24.5 Å². The third kappa shape index (κ3) is 2.11. The van der Waals surface area contributed by atoms with Crippen molar-refractivity contribution in [2.45, 2.75) is 24.7 Å². The molecule has 2 aromatic heterocycles. The normalized spacial score (nSPS) is 35.7. The summed E-state index contributed by atoms with van der Waals surface area (Å²) in [5, 5.41) is 20.9. The van der Waals surface area contributed by atoms with Crippen LogP contribution < -0.4 is 5.73 Å². The van der Waals surface area contributed by atoms with Crippen molar-refractivity contribution >= 4 is 24.6 Å². The highest BCUT2D eigenvalue weighted by molar-refractivity contribution is 7.55. The average molecular weight is 353 g/mol. The summed E-state index contributed by atoms with van der Waals surface area (Å²) in [6.45, 7) is 0. The van der Waals surface area contributed by atoms with Gasteiger partial charge in [0.15, 0.2) is 11.5 Å². The van der Waals surface area contributed by atoms with Gasteiger partial charge in [-0.1, -0.05) is 6.08 Å². The van der Waals surface area contributed by atoms with E-state index >= 15 is 0 Å². The van der Waals surface area contributed by atoms with Gasteiger partial charge in [-0.05, 0) is 12.3 Å². The highest BCUT2D eigenvalue weighted by Gasteiger charge is 2.70. The van der Waals surface area contributed by atoms with E-state index in [1.54, 1.807) is 4.57 Å². The lowest BCUT2D eigenvalue weighted by atomic mass is 10.00. The standard InChI is InChI=1S/C13H16N5O5P/c14-11-7-12(16-4-15-11)18(5-17-7)8-6-3-13(6,10(20)9(8)19)1-2-24(21,22)23/h1-2,4-6,8-10,19-20H,3H2,(H2,14,15,16)(H2,21,22,23)/t6-,8-,9+,10?,13?/m1/s1. The molecule has 0 aromatic carbocycles. The molecule has 0 saturated heterocycles. The van der Waals surface area contributed by atoms with Gasteiger partial charge in [0.1, 0.15) is 17.9 Å². The number of aliphatic hydroxyl groups is 2. The van der Waals surface area contributed by atoms with Crippen LogP contribution in [0.2, 0.25) is 0 Å². The van der Waals surface area contributed by atoms with Crippen LogP contribution in [0, 0.1) is 11.3 Å². The fourth-order valence-electron chi connectivity index (χ4n) is 3.82. The summed E-state index contributed by atoms with van der Waals surface area (Å²) in [5.41, 5.74) is 5.76. The Morgan fingerprint density at radius 3 is 2.79 bits per heavy atom. The van der Waals surface area contributed by atoms with Crippen molar-refractivity contribution in [3.05, 3.63) is 24.5 Å². The van der Waals surface area contributed by atoms with E-state index in [9.17, 15) is 14.8 Å². The Morgan fingerprint density at radius 1 is 1.33 bits per heavy atom. The maximum atomic E-state index is 11.1. The number of imidazole rings is 1. The van der Waals surface area contributed by atoms with E-state index in [2.05, 4.69) is 15.0 Å². The zero-order valence-corrected chi connectivity index (χ0v) is 13.2. The van der Waals surface area contributed by atoms with E-state index in [0.29, 0.717) is 17.6 Å². The largest absolute Gasteiger partial charge is 0.389 e. The van der Waals surface area contributed by atoms with Crippen LogP contribution in [-0.2, 0) is 4.57 Å². The van der Waals surface area contributed by atoms with Crippen molar-refractivity contribution in [1.29, 1.82) is 0 Å². The molecule has 2 fully saturated rings. The molecule has 2 aliphatic carbocycles. The van der Waals surface area contributed by atoms with E-state index in [1.165, 1.54) is 18.7 Å². The lowest BCUT2D eigenvalue weighted by Crippen LogP contribution is -2.33. The molecule has 2 unspecified atom stereocenters. The summed E-state index contributed by atoms with van der Waals surface area (Å²) in [4.78, 5) is 30.2. The molecular weight excluding hydrogens is 337 g/mol. The fraction of sp³-hybridized carbons (Fsp3) is 0.462. The Bertz CT molecular complexity index is 894. The molecular formula is C13H16N5O5P. The minimum Gasteiger partial charge on any atom is -0.389 e. The predicted molar refractivity (Wildman–Crippen MR) is 82.5 cm³/mol. The molecule has 11 heteroatoms. The van der Waals surface area contributed by atoms with Crippen molar-refractivity contribution in [2.75, 3.05) is 5.73 Å². The summed E-state index contributed by atoms with van der Waals surface area (Å²) >= 11 is 0. The van der Waals surface area contributed by atoms with Crippen molar-refractivity contribution in [3.63, 3.8) is 0 Å². The van der Waals surface area contributed by atoms with Gasteiger partial charge >= 0.3 is 7.60 Å². The number of hydrogen-bond donors (Lipinski definition) is 5. The molecule has 2 aromatic rings. The lowest BCUT2D eigenvalue weighted by molar-refractivity contribution is -0.00808. The van der Waals surface area contributed by atoms with Gasteiger partial charge < -0.3 is 30.3 Å². The number of rotatable bonds is 3. The first-order valence-electron chi connectivity index (χ1n) is 7.29. The van der Waals surface area contributed by atoms with Gasteiger partial charge in [-0.2, -0.15) is 0 Å². The van der Waals surface area contributed by atoms with Gasteiger partial charge in [-0.15, -0.1) is 0 Å². The van der Waals surface area contributed by atoms with Crippen molar-refractivity contribution in [2.24, 2.45) is 11.3 Å². The molecule has 0 spiro atoms. The summed E-state index contributed by atoms with van der Waals surface area (Å²) in [6.07, 6.45) is 2.37. The van der Waals surface area contributed by atoms with Crippen LogP contribution in [0.5, 0.6) is 0 Å². The number of aliphatic hydroxyl groups excluding tert-OH is 2. The number of nitrogen functional groups attached to an aromatic ring is 1. The number of nitrogens with zero attached hydrogens (tertiary/aromatic N) is 4. The first kappa shape index (κ1) is 15.7. The van der Waals surface area contributed by atoms with Crippen molar-refractivity contribution < 1.29 is 24.6 Å². The van der Waals surface area contributed by atoms with Crippen molar-refractivity contribution in [3.8, 4) is 0 Å². The quantitative estimate of drug-likeness (QED) is 0.452. The van der Waals surface area contributed by atoms with Gasteiger partial charge in [0.2, 0.25) is 0 Å². The zero-order valence-electron chi connectivity index (χ0n) is 12.3. The zero-order chi connectivity index (χ0) is 17.3. The van der Waals surface area contributed by atoms with E-state index < -0.39 is 31.3 Å². The van der Waals surface area contributed by atoms with Gasteiger partial charge in [-0.3, -0.25) is 4.57 Å². The molecule has 2 aliphatic rings. The molecule has 0 aliphatic heterocycles. The molecule has 0 amide bonds. The van der Waals surface area contributed by atoms with Crippen LogP contribution in [0.4, 0.5) is 5.82 Å². The number of anilines is 1. The summed E-state index contributed by atoms with van der Waals surface area (Å²) in [7, 11) is -4.34. The van der Waals surface area contributed by atoms with Crippen LogP contribution in [-0.4, -0.2) is 51.7 Å². The first-order valence-corrected chi connectivity index (χ1v) is 8.97. The van der Waals surface area contributed by atoms with E-state index in [1.807, 2.05) is 0 Å². The predicted octanol–water partition coefficient (Wildman–Crippen LogP) is -0.617. The van der Waals surface area contributed by atoms with Crippen LogP contribution >= 0.6 is 7.60 Å². The topological polar surface area (TPSA) is 168 Å². The SMILES string of the molecule is Nc1ncnc2c1ncn2[C@H]1[C@H](O)C(O)C2(C=CP(=O)(O)O)C[C@H]12. The molecule has 5 atom stereocenters. The fourth-order valence-corrected chi connectivity index (χ4v) is 4.29. The second-order valence-electron chi connectivity index (χ2n) is 6.34. The highest BCUT2D eigenvalue weighted by atomic mass is 31.2. The van der Waals surface area contributed by atoms with Crippen LogP contribution in [0.3, 0.4) is 0 Å². The average Bonchev–Trinajstić information content (AvgIpc) is 3.00. The lowest BCUT2D eigenvalue weighted by Gasteiger charge is -2.23. The summed E-state index contributed by atoms with van der Waals surface area (Å²) in [6, 6.07) is -0.513. The van der Waals surface area contributed by atoms with E-state index in [4.69, 9.17) is 15.5 Å². The Hall–Kier alpha value is -1.84. The Balaban J connectivity index is 1.74. The summed E-state index contributed by atoms with van der Waals surface area (Å²) in [5.74, 6) is 0.825. The molecule has 2 saturated carbocycles. The Kier molecular flexibility index (Phi) is 3.16. The molecule has 10 nitrogen and oxygen atoms in total. The monoisotopic (exact) mass is 353 g/mol. The second-order valence-corrected chi connectivity index (χ2v) is 7.81. The maximum Gasteiger partial charge on any atom is 0.348 e. The van der Waals surface area contributed by atoms with Crippen molar-refractivity contribution in [1.82, 2.24) is 19.5 Å². The molecule has 2 heterocycles. The second kappa shape index (κ2) is 4.84. The first-order chi connectivity index (χ1) is 11.2. The number of hydrogen-bond acceptors (Lipinski definition) is 7. The maximum absolute atomic E-state index is 11.1. The molecule has 6 N–H and O–H groups in total. The van der Waals surface area contributed by atoms with E-state index in [-0.39, 0.29) is 11.7 Å². The summed E-state index contributed by atoms with van der Waals surface area (Å²) < 4.78 is 12.7. The highest BCUT2D eigenvalue weighted by Crippen LogP contribution is 2.69. The Morgan fingerprint density at radius 2 is 2.08 bits per heavy atom. The van der Waals surface area contributed by atoms with Gasteiger partial charge in [0.25, 0.3) is 0 Å². The molecule has 4 rings (SSSR count). The van der Waals surface area contributed by atoms with Crippen LogP contribution in [0.1, 0.15) is 12.5 Å². The number of fused-ring (bicyclic) bond motifs is 2. The van der Waals surface area contributed by atoms with E-state index in [0.717, 1.165) is 5.82 Å². The molecule has 0 bridgehead atoms. The minimum absolute atomic E-state index is 0.182. The third-order valence-corrected chi connectivity index (χ3v) is 5.56. The minimum atomic E-state index is -4.34. The van der Waals surface area contributed by atoms with Gasteiger partial charge in [-0.25, -0.2) is 15.0 Å².